The molecule has 0 spiro atoms. The summed E-state index contributed by atoms with van der Waals surface area (Å²) in [5.41, 5.74) is 2.77. The number of aromatic nitrogens is 2. The van der Waals surface area contributed by atoms with E-state index >= 15 is 0 Å². The zero-order valence-electron chi connectivity index (χ0n) is 13.7. The second-order valence-corrected chi connectivity index (χ2v) is 5.90. The summed E-state index contributed by atoms with van der Waals surface area (Å²) in [5.74, 6) is -0.674. The maximum Gasteiger partial charge on any atom is 0.303 e. The number of carboxylic acid groups (broad SMARTS) is 1. The van der Waals surface area contributed by atoms with E-state index in [0.717, 1.165) is 11.0 Å². The van der Waals surface area contributed by atoms with Gasteiger partial charge in [-0.3, -0.25) is 9.59 Å². The summed E-state index contributed by atoms with van der Waals surface area (Å²) in [6.45, 7) is 0. The van der Waals surface area contributed by atoms with E-state index in [0.29, 0.717) is 22.8 Å². The first-order valence-electron chi connectivity index (χ1n) is 8.08. The van der Waals surface area contributed by atoms with Gasteiger partial charge in [-0.25, -0.2) is 4.98 Å². The maximum atomic E-state index is 11.8. The van der Waals surface area contributed by atoms with Crippen molar-refractivity contribution in [3.63, 3.8) is 0 Å². The van der Waals surface area contributed by atoms with Crippen LogP contribution in [-0.4, -0.2) is 26.4 Å². The van der Waals surface area contributed by atoms with Crippen LogP contribution in [0, 0.1) is 0 Å². The van der Waals surface area contributed by atoms with E-state index in [1.807, 2.05) is 36.5 Å². The van der Waals surface area contributed by atoms with Crippen LogP contribution in [0.3, 0.4) is 0 Å². The molecule has 2 N–H and O–H groups in total. The largest absolute Gasteiger partial charge is 0.481 e. The van der Waals surface area contributed by atoms with Crippen LogP contribution in [-0.2, 0) is 9.59 Å². The van der Waals surface area contributed by atoms with Gasteiger partial charge >= 0.3 is 5.97 Å². The number of para-hydroxylation sites is 1. The number of carboxylic acids is 1. The van der Waals surface area contributed by atoms with Gasteiger partial charge in [-0.15, -0.1) is 0 Å². The van der Waals surface area contributed by atoms with E-state index in [-0.39, 0.29) is 18.7 Å². The SMILES string of the molecule is O=C(O)CCC(=O)Nc1ccc2nc(-c3cc4ccccc4o3)cn2c1. The van der Waals surface area contributed by atoms with Crippen LogP contribution in [0.1, 0.15) is 12.8 Å². The molecular weight excluding hydrogens is 334 g/mol. The predicted molar refractivity (Wildman–Crippen MR) is 95.9 cm³/mol. The molecule has 1 amide bonds. The summed E-state index contributed by atoms with van der Waals surface area (Å²) in [6, 6.07) is 13.2. The molecule has 0 fully saturated rings. The lowest BCUT2D eigenvalue weighted by atomic mass is 10.2. The van der Waals surface area contributed by atoms with E-state index in [2.05, 4.69) is 10.3 Å². The van der Waals surface area contributed by atoms with Crippen molar-refractivity contribution in [3.8, 4) is 11.5 Å². The molecule has 4 aromatic rings. The molecule has 130 valence electrons. The van der Waals surface area contributed by atoms with Crippen molar-refractivity contribution in [2.75, 3.05) is 5.32 Å². The number of carbonyl (C=O) groups excluding carboxylic acids is 1. The monoisotopic (exact) mass is 349 g/mol. The van der Waals surface area contributed by atoms with Gasteiger partial charge < -0.3 is 19.2 Å². The van der Waals surface area contributed by atoms with E-state index in [9.17, 15) is 9.59 Å². The first-order chi connectivity index (χ1) is 12.6. The standard InChI is InChI=1S/C19H15N3O4/c23-18(7-8-19(24)25)20-13-5-6-17-21-14(11-22(17)10-13)16-9-12-3-1-2-4-15(12)26-16/h1-6,9-11H,7-8H2,(H,20,23)(H,24,25). The third-order valence-corrected chi connectivity index (χ3v) is 3.98. The molecule has 3 heterocycles. The van der Waals surface area contributed by atoms with E-state index in [4.69, 9.17) is 9.52 Å². The fourth-order valence-corrected chi connectivity index (χ4v) is 2.74. The van der Waals surface area contributed by atoms with Gasteiger partial charge in [0.25, 0.3) is 0 Å². The Morgan fingerprint density at radius 2 is 1.96 bits per heavy atom. The Morgan fingerprint density at radius 1 is 1.12 bits per heavy atom. The highest BCUT2D eigenvalue weighted by Crippen LogP contribution is 2.27. The molecule has 7 heteroatoms. The number of fused-ring (bicyclic) bond motifs is 2. The van der Waals surface area contributed by atoms with Gasteiger partial charge in [-0.2, -0.15) is 0 Å². The fraction of sp³-hybridized carbons (Fsp3) is 0.105. The zero-order valence-corrected chi connectivity index (χ0v) is 13.7. The van der Waals surface area contributed by atoms with Gasteiger partial charge in [0.1, 0.15) is 16.9 Å². The van der Waals surface area contributed by atoms with Crippen LogP contribution in [0.2, 0.25) is 0 Å². The van der Waals surface area contributed by atoms with Crippen molar-refractivity contribution in [3.05, 3.63) is 54.9 Å². The first-order valence-corrected chi connectivity index (χ1v) is 8.08. The smallest absolute Gasteiger partial charge is 0.303 e. The molecular formula is C19H15N3O4. The highest BCUT2D eigenvalue weighted by Gasteiger charge is 2.11. The number of pyridine rings is 1. The molecule has 4 rings (SSSR count). The third-order valence-electron chi connectivity index (χ3n) is 3.98. The fourth-order valence-electron chi connectivity index (χ4n) is 2.74. The third kappa shape index (κ3) is 3.14. The molecule has 26 heavy (non-hydrogen) atoms. The van der Waals surface area contributed by atoms with E-state index < -0.39 is 5.97 Å². The average molecular weight is 349 g/mol. The number of furan rings is 1. The molecule has 0 aliphatic rings. The van der Waals surface area contributed by atoms with Crippen molar-refractivity contribution in [2.24, 2.45) is 0 Å². The number of nitrogens with one attached hydrogen (secondary N) is 1. The summed E-state index contributed by atoms with van der Waals surface area (Å²) in [6.07, 6.45) is 3.28. The number of imidazole rings is 1. The Kier molecular flexibility index (Phi) is 3.89. The quantitative estimate of drug-likeness (QED) is 0.574. The second-order valence-electron chi connectivity index (χ2n) is 5.90. The lowest BCUT2D eigenvalue weighted by Crippen LogP contribution is -2.13. The van der Waals surface area contributed by atoms with Crippen molar-refractivity contribution in [1.82, 2.24) is 9.38 Å². The van der Waals surface area contributed by atoms with E-state index in [1.165, 1.54) is 0 Å². The van der Waals surface area contributed by atoms with Gasteiger partial charge in [0.2, 0.25) is 5.91 Å². The summed E-state index contributed by atoms with van der Waals surface area (Å²) in [5, 5.41) is 12.3. The number of nitrogens with zero attached hydrogens (tertiary/aromatic N) is 2. The average Bonchev–Trinajstić information content (AvgIpc) is 3.23. The van der Waals surface area contributed by atoms with Crippen LogP contribution in [0.15, 0.2) is 59.3 Å². The summed E-state index contributed by atoms with van der Waals surface area (Å²) < 4.78 is 7.62. The minimum Gasteiger partial charge on any atom is -0.481 e. The van der Waals surface area contributed by atoms with Crippen molar-refractivity contribution >= 4 is 34.2 Å². The molecule has 0 aliphatic carbocycles. The Hall–Kier alpha value is -3.61. The van der Waals surface area contributed by atoms with Crippen molar-refractivity contribution in [1.29, 1.82) is 0 Å². The van der Waals surface area contributed by atoms with Crippen LogP contribution in [0.4, 0.5) is 5.69 Å². The number of hydrogen-bond donors (Lipinski definition) is 2. The number of rotatable bonds is 5. The van der Waals surface area contributed by atoms with Crippen molar-refractivity contribution < 1.29 is 19.1 Å². The first kappa shape index (κ1) is 15.9. The van der Waals surface area contributed by atoms with Crippen LogP contribution in [0.5, 0.6) is 0 Å². The predicted octanol–water partition coefficient (Wildman–Crippen LogP) is 3.55. The Balaban J connectivity index is 1.59. The minimum absolute atomic E-state index is 0.0679. The van der Waals surface area contributed by atoms with Gasteiger partial charge in [-0.1, -0.05) is 18.2 Å². The Labute approximate surface area is 147 Å². The highest BCUT2D eigenvalue weighted by molar-refractivity contribution is 5.92. The molecule has 0 bridgehead atoms. The zero-order chi connectivity index (χ0) is 18.1. The number of benzene rings is 1. The molecule has 0 unspecified atom stereocenters. The number of anilines is 1. The number of amides is 1. The Bertz CT molecular complexity index is 1090. The molecule has 0 saturated carbocycles. The lowest BCUT2D eigenvalue weighted by Gasteiger charge is -2.04. The van der Waals surface area contributed by atoms with Crippen LogP contribution in [0.25, 0.3) is 28.1 Å². The molecule has 0 aliphatic heterocycles. The molecule has 7 nitrogen and oxygen atoms in total. The lowest BCUT2D eigenvalue weighted by molar-refractivity contribution is -0.138. The van der Waals surface area contributed by atoms with Gasteiger partial charge in [0.15, 0.2) is 5.76 Å². The number of carbonyl (C=O) groups is 2. The molecule has 3 aromatic heterocycles. The second kappa shape index (κ2) is 6.36. The maximum absolute atomic E-state index is 11.8. The van der Waals surface area contributed by atoms with Gasteiger partial charge in [-0.05, 0) is 24.3 Å². The van der Waals surface area contributed by atoms with Crippen molar-refractivity contribution in [2.45, 2.75) is 12.8 Å². The number of hydrogen-bond acceptors (Lipinski definition) is 4. The van der Waals surface area contributed by atoms with Crippen LogP contribution < -0.4 is 5.32 Å². The Morgan fingerprint density at radius 3 is 2.77 bits per heavy atom. The topological polar surface area (TPSA) is 96.8 Å². The minimum atomic E-state index is -0.999. The molecule has 0 saturated heterocycles. The number of aliphatic carboxylic acids is 1. The van der Waals surface area contributed by atoms with Gasteiger partial charge in [0, 0.05) is 24.2 Å². The normalized spacial score (nSPS) is 11.1. The highest BCUT2D eigenvalue weighted by atomic mass is 16.4. The van der Waals surface area contributed by atoms with Gasteiger partial charge in [0.05, 0.1) is 12.1 Å². The molecule has 0 atom stereocenters. The van der Waals surface area contributed by atoms with Crippen LogP contribution >= 0.6 is 0 Å². The summed E-state index contributed by atoms with van der Waals surface area (Å²) in [7, 11) is 0. The molecule has 0 radical (unpaired) electrons. The van der Waals surface area contributed by atoms with E-state index in [1.54, 1.807) is 22.7 Å². The summed E-state index contributed by atoms with van der Waals surface area (Å²) >= 11 is 0. The summed E-state index contributed by atoms with van der Waals surface area (Å²) in [4.78, 5) is 26.8. The molecule has 1 aromatic carbocycles.